The quantitative estimate of drug-likeness (QED) is 0.729. The van der Waals surface area contributed by atoms with Crippen molar-refractivity contribution in [3.63, 3.8) is 0 Å². The van der Waals surface area contributed by atoms with Gasteiger partial charge in [0.2, 0.25) is 0 Å². The summed E-state index contributed by atoms with van der Waals surface area (Å²) in [6.07, 6.45) is 4.51. The zero-order valence-electron chi connectivity index (χ0n) is 9.24. The van der Waals surface area contributed by atoms with E-state index < -0.39 is 7.60 Å². The lowest BCUT2D eigenvalue weighted by atomic mass is 9.85. The highest BCUT2D eigenvalue weighted by molar-refractivity contribution is 7.53. The molecule has 1 aliphatic heterocycles. The third-order valence-electron chi connectivity index (χ3n) is 3.83. The number of nitrogens with one attached hydrogen (secondary N) is 1. The average molecular weight is 233 g/mol. The van der Waals surface area contributed by atoms with Crippen LogP contribution in [0.25, 0.3) is 0 Å². The summed E-state index contributed by atoms with van der Waals surface area (Å²) in [6, 6.07) is 0. The Labute approximate surface area is 90.9 Å². The van der Waals surface area contributed by atoms with E-state index in [-0.39, 0.29) is 11.1 Å². The molecule has 0 radical (unpaired) electrons. The van der Waals surface area contributed by atoms with E-state index in [2.05, 4.69) is 5.32 Å². The zero-order chi connectivity index (χ0) is 10.9. The first-order valence-corrected chi connectivity index (χ1v) is 7.43. The van der Waals surface area contributed by atoms with E-state index >= 15 is 0 Å². The topological polar surface area (TPSA) is 58.6 Å². The Hall–Kier alpha value is 0.110. The van der Waals surface area contributed by atoms with Crippen molar-refractivity contribution in [2.24, 2.45) is 5.41 Å². The molecular weight excluding hydrogens is 213 g/mol. The molecule has 2 aliphatic rings. The van der Waals surface area contributed by atoms with Crippen LogP contribution in [0.5, 0.6) is 0 Å². The summed E-state index contributed by atoms with van der Waals surface area (Å²) in [5, 5.41) is 3.26. The molecule has 0 aromatic carbocycles. The molecule has 1 spiro atoms. The first kappa shape index (κ1) is 11.6. The van der Waals surface area contributed by atoms with Gasteiger partial charge in [-0.25, -0.2) is 0 Å². The largest absolute Gasteiger partial charge is 0.333 e. The average Bonchev–Trinajstić information content (AvgIpc) is 2.77. The fraction of sp³-hybridized carbons (Fsp3) is 1.00. The molecule has 5 heteroatoms. The van der Waals surface area contributed by atoms with Crippen LogP contribution in [-0.4, -0.2) is 30.2 Å². The summed E-state index contributed by atoms with van der Waals surface area (Å²) in [5.41, 5.74) is -0.146. The highest BCUT2D eigenvalue weighted by Gasteiger charge is 2.53. The van der Waals surface area contributed by atoms with Gasteiger partial charge in [-0.3, -0.25) is 4.57 Å². The summed E-state index contributed by atoms with van der Waals surface area (Å²) in [7, 11) is -3.42. The predicted molar refractivity (Wildman–Crippen MR) is 59.0 cm³/mol. The molecule has 1 aliphatic carbocycles. The lowest BCUT2D eigenvalue weighted by Gasteiger charge is -2.32. The molecule has 2 N–H and O–H groups in total. The van der Waals surface area contributed by atoms with E-state index in [9.17, 15) is 9.46 Å². The van der Waals surface area contributed by atoms with Crippen molar-refractivity contribution in [1.29, 1.82) is 0 Å². The van der Waals surface area contributed by atoms with E-state index in [1.54, 1.807) is 6.92 Å². The summed E-state index contributed by atoms with van der Waals surface area (Å²) in [4.78, 5) is 9.93. The Morgan fingerprint density at radius 2 is 2.20 bits per heavy atom. The molecule has 1 heterocycles. The summed E-state index contributed by atoms with van der Waals surface area (Å²) in [6.45, 7) is 3.61. The van der Waals surface area contributed by atoms with Crippen molar-refractivity contribution >= 4 is 7.60 Å². The summed E-state index contributed by atoms with van der Waals surface area (Å²) >= 11 is 0. The van der Waals surface area contributed by atoms with Crippen LogP contribution in [0.15, 0.2) is 0 Å². The van der Waals surface area contributed by atoms with Gasteiger partial charge in [-0.05, 0) is 25.2 Å². The third kappa shape index (κ3) is 2.01. The molecular formula is C10H20NO3P. The molecule has 0 bridgehead atoms. The van der Waals surface area contributed by atoms with Crippen LogP contribution in [0.3, 0.4) is 0 Å². The fourth-order valence-electron chi connectivity index (χ4n) is 3.12. The maximum absolute atomic E-state index is 12.1. The van der Waals surface area contributed by atoms with Crippen LogP contribution in [0.1, 0.15) is 32.6 Å². The first-order valence-electron chi connectivity index (χ1n) is 5.78. The standard InChI is InChI=1S/C10H20NO3P/c1-2-14-15(12,13)9-7-11-8-10(9)5-3-4-6-10/h9,11H,2-8H2,1H3,(H,12,13). The molecule has 0 aromatic heterocycles. The molecule has 0 amide bonds. The molecule has 2 fully saturated rings. The van der Waals surface area contributed by atoms with Crippen LogP contribution in [0.4, 0.5) is 0 Å². The van der Waals surface area contributed by atoms with Gasteiger partial charge >= 0.3 is 7.60 Å². The van der Waals surface area contributed by atoms with Crippen molar-refractivity contribution in [3.8, 4) is 0 Å². The third-order valence-corrected chi connectivity index (χ3v) is 5.98. The predicted octanol–water partition coefficient (Wildman–Crippen LogP) is 1.74. The van der Waals surface area contributed by atoms with Gasteiger partial charge in [-0.15, -0.1) is 0 Å². The minimum absolute atomic E-state index is 0.0411. The normalized spacial score (nSPS) is 33.3. The van der Waals surface area contributed by atoms with Crippen LogP contribution in [0.2, 0.25) is 0 Å². The van der Waals surface area contributed by atoms with E-state index in [0.717, 1.165) is 19.4 Å². The van der Waals surface area contributed by atoms with Gasteiger partial charge in [0.05, 0.1) is 12.3 Å². The smallest absolute Gasteiger partial charge is 0.324 e. The van der Waals surface area contributed by atoms with Gasteiger partial charge in [-0.2, -0.15) is 0 Å². The van der Waals surface area contributed by atoms with Gasteiger partial charge in [0, 0.05) is 13.1 Å². The molecule has 2 atom stereocenters. The number of rotatable bonds is 3. The van der Waals surface area contributed by atoms with Crippen LogP contribution >= 0.6 is 7.60 Å². The molecule has 4 nitrogen and oxygen atoms in total. The van der Waals surface area contributed by atoms with Crippen LogP contribution in [0, 0.1) is 5.41 Å². The number of hydrogen-bond donors (Lipinski definition) is 2. The molecule has 2 rings (SSSR count). The molecule has 88 valence electrons. The first-order chi connectivity index (χ1) is 7.11. The SMILES string of the molecule is CCOP(=O)(O)C1CNCC12CCCC2. The Morgan fingerprint density at radius 1 is 1.53 bits per heavy atom. The van der Waals surface area contributed by atoms with Crippen molar-refractivity contribution in [2.45, 2.75) is 38.3 Å². The second kappa shape index (κ2) is 4.17. The summed E-state index contributed by atoms with van der Waals surface area (Å²) < 4.78 is 17.1. The Bertz CT molecular complexity index is 270. The second-order valence-corrected chi connectivity index (χ2v) is 6.71. The van der Waals surface area contributed by atoms with E-state index in [4.69, 9.17) is 4.52 Å². The van der Waals surface area contributed by atoms with Gasteiger partial charge in [-0.1, -0.05) is 12.8 Å². The van der Waals surface area contributed by atoms with E-state index in [0.29, 0.717) is 13.2 Å². The van der Waals surface area contributed by atoms with Crippen molar-refractivity contribution < 1.29 is 14.0 Å². The minimum atomic E-state index is -3.42. The Morgan fingerprint density at radius 3 is 2.80 bits per heavy atom. The van der Waals surface area contributed by atoms with Gasteiger partial charge in [0.15, 0.2) is 0 Å². The maximum Gasteiger partial charge on any atom is 0.333 e. The zero-order valence-corrected chi connectivity index (χ0v) is 10.1. The van der Waals surface area contributed by atoms with Crippen molar-refractivity contribution in [3.05, 3.63) is 0 Å². The monoisotopic (exact) mass is 233 g/mol. The Balaban J connectivity index is 2.17. The minimum Gasteiger partial charge on any atom is -0.324 e. The lowest BCUT2D eigenvalue weighted by molar-refractivity contribution is 0.233. The highest BCUT2D eigenvalue weighted by atomic mass is 31.2. The highest BCUT2D eigenvalue weighted by Crippen LogP contribution is 2.60. The second-order valence-electron chi connectivity index (χ2n) is 4.70. The summed E-state index contributed by atoms with van der Waals surface area (Å²) in [5.74, 6) is 0. The van der Waals surface area contributed by atoms with E-state index in [1.807, 2.05) is 0 Å². The maximum atomic E-state index is 12.1. The van der Waals surface area contributed by atoms with Gasteiger partial charge in [0.25, 0.3) is 0 Å². The van der Waals surface area contributed by atoms with Crippen molar-refractivity contribution in [2.75, 3.05) is 19.7 Å². The Kier molecular flexibility index (Phi) is 3.22. The fourth-order valence-corrected chi connectivity index (χ4v) is 5.07. The molecule has 1 saturated heterocycles. The van der Waals surface area contributed by atoms with Gasteiger partial charge < -0.3 is 14.7 Å². The van der Waals surface area contributed by atoms with Crippen LogP contribution < -0.4 is 5.32 Å². The molecule has 2 unspecified atom stereocenters. The number of hydrogen-bond acceptors (Lipinski definition) is 3. The lowest BCUT2D eigenvalue weighted by Crippen LogP contribution is -2.31. The van der Waals surface area contributed by atoms with Gasteiger partial charge in [0.1, 0.15) is 0 Å². The van der Waals surface area contributed by atoms with Crippen molar-refractivity contribution in [1.82, 2.24) is 5.32 Å². The molecule has 0 aromatic rings. The van der Waals surface area contributed by atoms with E-state index in [1.165, 1.54) is 12.8 Å². The molecule has 15 heavy (non-hydrogen) atoms. The van der Waals surface area contributed by atoms with Crippen LogP contribution in [-0.2, 0) is 9.09 Å². The molecule has 1 saturated carbocycles.